The first kappa shape index (κ1) is 14.6. The van der Waals surface area contributed by atoms with Gasteiger partial charge in [-0.1, -0.05) is 29.8 Å². The van der Waals surface area contributed by atoms with Gasteiger partial charge < -0.3 is 4.42 Å². The normalized spacial score (nSPS) is 11.0. The third-order valence-electron chi connectivity index (χ3n) is 3.61. The first-order chi connectivity index (χ1) is 11.7. The van der Waals surface area contributed by atoms with Gasteiger partial charge in [-0.3, -0.25) is 14.3 Å². The minimum absolute atomic E-state index is 0.191. The smallest absolute Gasteiger partial charge is 0.283 e. The van der Waals surface area contributed by atoms with Crippen molar-refractivity contribution in [3.8, 4) is 11.5 Å². The summed E-state index contributed by atoms with van der Waals surface area (Å²) in [5.41, 5.74) is 1.70. The van der Waals surface area contributed by atoms with Crippen molar-refractivity contribution in [2.24, 2.45) is 0 Å². The summed E-state index contributed by atoms with van der Waals surface area (Å²) in [5, 5.41) is 0.599. The van der Waals surface area contributed by atoms with E-state index < -0.39 is 0 Å². The van der Waals surface area contributed by atoms with Crippen LogP contribution in [0.25, 0.3) is 22.7 Å². The number of halogens is 1. The molecule has 6 nitrogen and oxygen atoms in total. The molecule has 0 aliphatic rings. The van der Waals surface area contributed by atoms with Gasteiger partial charge in [0.2, 0.25) is 5.89 Å². The van der Waals surface area contributed by atoms with Crippen molar-refractivity contribution < 1.29 is 4.42 Å². The van der Waals surface area contributed by atoms with Crippen LogP contribution < -0.4 is 5.56 Å². The topological polar surface area (TPSA) is 73.8 Å². The van der Waals surface area contributed by atoms with E-state index in [4.69, 9.17) is 16.0 Å². The van der Waals surface area contributed by atoms with E-state index in [0.717, 1.165) is 11.1 Å². The van der Waals surface area contributed by atoms with Crippen LogP contribution in [-0.4, -0.2) is 19.5 Å². The van der Waals surface area contributed by atoms with E-state index in [2.05, 4.69) is 15.0 Å². The Hall–Kier alpha value is -2.99. The number of pyridine rings is 1. The van der Waals surface area contributed by atoms with Gasteiger partial charge in [0.15, 0.2) is 5.52 Å². The first-order valence-corrected chi connectivity index (χ1v) is 7.60. The number of benzene rings is 1. The highest BCUT2D eigenvalue weighted by molar-refractivity contribution is 6.31. The predicted molar refractivity (Wildman–Crippen MR) is 89.8 cm³/mol. The van der Waals surface area contributed by atoms with Crippen LogP contribution in [0.5, 0.6) is 0 Å². The standard InChI is InChI=1S/C17H11ClN4O2/c18-13-4-2-1-3-12(13)9-22-10-20-16-14(17(22)23)21-15(24-16)11-5-7-19-8-6-11/h1-8,10H,9H2. The van der Waals surface area contributed by atoms with Crippen LogP contribution in [0.2, 0.25) is 5.02 Å². The third-order valence-corrected chi connectivity index (χ3v) is 3.98. The highest BCUT2D eigenvalue weighted by Crippen LogP contribution is 2.21. The molecule has 3 aromatic heterocycles. The average molecular weight is 339 g/mol. The molecule has 0 aliphatic heterocycles. The molecule has 0 unspecified atom stereocenters. The molecule has 0 saturated carbocycles. The summed E-state index contributed by atoms with van der Waals surface area (Å²) >= 11 is 6.15. The van der Waals surface area contributed by atoms with Gasteiger partial charge in [-0.2, -0.15) is 0 Å². The molecule has 1 aromatic carbocycles. The van der Waals surface area contributed by atoms with Gasteiger partial charge in [0.25, 0.3) is 11.3 Å². The summed E-state index contributed by atoms with van der Waals surface area (Å²) < 4.78 is 7.04. The summed E-state index contributed by atoms with van der Waals surface area (Å²) in [5.74, 6) is 0.340. The largest absolute Gasteiger partial charge is 0.417 e. The molecule has 24 heavy (non-hydrogen) atoms. The predicted octanol–water partition coefficient (Wildman–Crippen LogP) is 3.15. The lowest BCUT2D eigenvalue weighted by atomic mass is 10.2. The number of aromatic nitrogens is 4. The monoisotopic (exact) mass is 338 g/mol. The van der Waals surface area contributed by atoms with Crippen molar-refractivity contribution >= 4 is 22.8 Å². The molecule has 118 valence electrons. The molecule has 0 spiro atoms. The van der Waals surface area contributed by atoms with E-state index >= 15 is 0 Å². The van der Waals surface area contributed by atoms with Gasteiger partial charge >= 0.3 is 0 Å². The molecule has 3 heterocycles. The molecular weight excluding hydrogens is 328 g/mol. The molecule has 0 N–H and O–H groups in total. The summed E-state index contributed by atoms with van der Waals surface area (Å²) in [7, 11) is 0. The molecule has 0 bridgehead atoms. The van der Waals surface area contributed by atoms with Crippen LogP contribution in [0, 0.1) is 0 Å². The molecule has 0 atom stereocenters. The molecule has 0 fully saturated rings. The lowest BCUT2D eigenvalue weighted by Crippen LogP contribution is -2.21. The number of nitrogens with zero attached hydrogens (tertiary/aromatic N) is 4. The van der Waals surface area contributed by atoms with Crippen LogP contribution in [0.3, 0.4) is 0 Å². The van der Waals surface area contributed by atoms with E-state index in [1.165, 1.54) is 10.9 Å². The van der Waals surface area contributed by atoms with E-state index in [1.807, 2.05) is 18.2 Å². The maximum atomic E-state index is 12.6. The van der Waals surface area contributed by atoms with Gasteiger partial charge in [0.05, 0.1) is 6.54 Å². The Morgan fingerprint density at radius 1 is 1.12 bits per heavy atom. The molecule has 0 aliphatic carbocycles. The zero-order valence-electron chi connectivity index (χ0n) is 12.4. The Kier molecular flexibility index (Phi) is 3.59. The van der Waals surface area contributed by atoms with Crippen LogP contribution in [0.4, 0.5) is 0 Å². The number of oxazole rings is 1. The van der Waals surface area contributed by atoms with Crippen LogP contribution in [0.15, 0.2) is 64.3 Å². The molecule has 0 amide bonds. The van der Waals surface area contributed by atoms with E-state index in [0.29, 0.717) is 17.5 Å². The van der Waals surface area contributed by atoms with Crippen molar-refractivity contribution in [1.29, 1.82) is 0 Å². The van der Waals surface area contributed by atoms with E-state index in [9.17, 15) is 4.79 Å². The van der Waals surface area contributed by atoms with Gasteiger partial charge in [-0.05, 0) is 23.8 Å². The number of fused-ring (bicyclic) bond motifs is 1. The molecule has 7 heteroatoms. The lowest BCUT2D eigenvalue weighted by molar-refractivity contribution is 0.603. The Morgan fingerprint density at radius 2 is 1.92 bits per heavy atom. The Balaban J connectivity index is 1.78. The van der Waals surface area contributed by atoms with Gasteiger partial charge in [0.1, 0.15) is 6.33 Å². The fraction of sp³-hybridized carbons (Fsp3) is 0.0588. The highest BCUT2D eigenvalue weighted by atomic mass is 35.5. The molecule has 0 radical (unpaired) electrons. The summed E-state index contributed by atoms with van der Waals surface area (Å²) in [6, 6.07) is 10.9. The fourth-order valence-electron chi connectivity index (χ4n) is 2.39. The zero-order valence-corrected chi connectivity index (χ0v) is 13.1. The number of hydrogen-bond acceptors (Lipinski definition) is 5. The van der Waals surface area contributed by atoms with E-state index in [-0.39, 0.29) is 16.8 Å². The number of rotatable bonds is 3. The molecule has 4 rings (SSSR count). The zero-order chi connectivity index (χ0) is 16.5. The highest BCUT2D eigenvalue weighted by Gasteiger charge is 2.14. The summed E-state index contributed by atoms with van der Waals surface area (Å²) in [6.45, 7) is 0.318. The van der Waals surface area contributed by atoms with Crippen molar-refractivity contribution in [1.82, 2.24) is 19.5 Å². The van der Waals surface area contributed by atoms with Gasteiger partial charge in [-0.15, -0.1) is 0 Å². The molecule has 4 aromatic rings. The van der Waals surface area contributed by atoms with Crippen molar-refractivity contribution in [2.45, 2.75) is 6.54 Å². The van der Waals surface area contributed by atoms with Crippen LogP contribution in [-0.2, 0) is 6.54 Å². The summed E-state index contributed by atoms with van der Waals surface area (Å²) in [4.78, 5) is 25.1. The van der Waals surface area contributed by atoms with Gasteiger partial charge in [0, 0.05) is 23.0 Å². The third kappa shape index (κ3) is 2.57. The van der Waals surface area contributed by atoms with Crippen LogP contribution >= 0.6 is 11.6 Å². The number of hydrogen-bond donors (Lipinski definition) is 0. The molecular formula is C17H11ClN4O2. The quantitative estimate of drug-likeness (QED) is 0.573. The Labute approximate surface area is 141 Å². The second kappa shape index (κ2) is 5.90. The second-order valence-electron chi connectivity index (χ2n) is 5.18. The minimum atomic E-state index is -0.274. The Morgan fingerprint density at radius 3 is 2.71 bits per heavy atom. The summed E-state index contributed by atoms with van der Waals surface area (Å²) in [6.07, 6.45) is 4.70. The van der Waals surface area contributed by atoms with Gasteiger partial charge in [-0.25, -0.2) is 9.97 Å². The van der Waals surface area contributed by atoms with Crippen LogP contribution in [0.1, 0.15) is 5.56 Å². The first-order valence-electron chi connectivity index (χ1n) is 7.22. The average Bonchev–Trinajstić information content (AvgIpc) is 3.05. The Bertz CT molecular complexity index is 1070. The second-order valence-corrected chi connectivity index (χ2v) is 5.58. The van der Waals surface area contributed by atoms with E-state index in [1.54, 1.807) is 30.6 Å². The fourth-order valence-corrected chi connectivity index (χ4v) is 2.59. The van der Waals surface area contributed by atoms with Crippen molar-refractivity contribution in [3.05, 3.63) is 76.1 Å². The lowest BCUT2D eigenvalue weighted by Gasteiger charge is -2.06. The maximum Gasteiger partial charge on any atom is 0.283 e. The van der Waals surface area contributed by atoms with Crippen molar-refractivity contribution in [2.75, 3.05) is 0 Å². The minimum Gasteiger partial charge on any atom is -0.417 e. The SMILES string of the molecule is O=c1c2nc(-c3ccncc3)oc2ncn1Cc1ccccc1Cl. The van der Waals surface area contributed by atoms with Crippen molar-refractivity contribution in [3.63, 3.8) is 0 Å². The molecule has 0 saturated heterocycles. The maximum absolute atomic E-state index is 12.6.